The van der Waals surface area contributed by atoms with Crippen molar-refractivity contribution < 1.29 is 37.8 Å². The third-order valence-electron chi connectivity index (χ3n) is 13.3. The van der Waals surface area contributed by atoms with Crippen LogP contribution in [0, 0.1) is 24.1 Å². The molecule has 4 aromatic rings. The van der Waals surface area contributed by atoms with Gasteiger partial charge in [0.05, 0.1) is 17.7 Å². The first kappa shape index (κ1) is 38.1. The molecule has 1 atom stereocenters. The Morgan fingerprint density at radius 1 is 0.967 bits per heavy atom. The van der Waals surface area contributed by atoms with Gasteiger partial charge in [-0.3, -0.25) is 34.7 Å². The first-order chi connectivity index (χ1) is 29.0. The predicted molar refractivity (Wildman–Crippen MR) is 218 cm³/mol. The molecule has 310 valence electrons. The summed E-state index contributed by atoms with van der Waals surface area (Å²) in [6.45, 7) is 7.86. The summed E-state index contributed by atoms with van der Waals surface area (Å²) < 4.78 is 27.0. The predicted octanol–water partition coefficient (Wildman–Crippen LogP) is 5.27. The fraction of sp³-hybridized carbons (Fsp3) is 0.432. The third kappa shape index (κ3) is 6.85. The Kier molecular flexibility index (Phi) is 9.41. The van der Waals surface area contributed by atoms with Crippen molar-refractivity contribution in [3.63, 3.8) is 0 Å². The van der Waals surface area contributed by atoms with Crippen LogP contribution in [0.2, 0.25) is 0 Å². The first-order valence-corrected chi connectivity index (χ1v) is 20.8. The number of carbonyl (C=O) groups is 5. The van der Waals surface area contributed by atoms with Gasteiger partial charge in [-0.05, 0) is 111 Å². The van der Waals surface area contributed by atoms with Gasteiger partial charge in [0.1, 0.15) is 29.5 Å². The number of fused-ring (bicyclic) bond motifs is 3. The number of carbonyl (C=O) groups excluding carboxylic acids is 5. The topological polar surface area (TPSA) is 175 Å². The van der Waals surface area contributed by atoms with E-state index in [1.807, 2.05) is 13.0 Å². The monoisotopic (exact) mass is 816 g/mol. The Bertz CT molecular complexity index is 2470. The van der Waals surface area contributed by atoms with E-state index in [0.717, 1.165) is 98.6 Å². The second-order valence-corrected chi connectivity index (χ2v) is 17.2. The molecule has 60 heavy (non-hydrogen) atoms. The summed E-state index contributed by atoms with van der Waals surface area (Å²) in [7, 11) is 0. The van der Waals surface area contributed by atoms with Crippen molar-refractivity contribution in [2.45, 2.75) is 64.0 Å². The molecule has 4 fully saturated rings. The number of hydrogen-bond acceptors (Lipinski definition) is 12. The molecule has 5 amide bonds. The number of piperidine rings is 2. The van der Waals surface area contributed by atoms with Gasteiger partial charge in [-0.2, -0.15) is 0 Å². The molecule has 2 aromatic carbocycles. The lowest BCUT2D eigenvalue weighted by molar-refractivity contribution is -0.136. The van der Waals surface area contributed by atoms with Gasteiger partial charge in [0.2, 0.25) is 17.7 Å². The summed E-state index contributed by atoms with van der Waals surface area (Å²) in [5.74, 6) is -1.08. The number of hydrogen-bond donors (Lipinski definition) is 3. The SMILES string of the molecule is Cc1c(-c2cc3cc(NC(=O)OC4CC5(CCN(CC6CN(c7ccc8c(c7)C(=O)N(C7CCC(=O)NC7=O)C8=O)C6)CC5)C4)ncc3cc2F)cnc2c1NCCCO2. The fourth-order valence-electron chi connectivity index (χ4n) is 9.87. The molecule has 5 aliphatic heterocycles. The number of nitrogens with zero attached hydrogens (tertiary/aromatic N) is 5. The van der Waals surface area contributed by atoms with E-state index in [2.05, 4.69) is 35.7 Å². The lowest BCUT2D eigenvalue weighted by Crippen LogP contribution is -2.55. The average Bonchev–Trinajstić information content (AvgIpc) is 3.32. The molecule has 1 unspecified atom stereocenters. The van der Waals surface area contributed by atoms with Gasteiger partial charge in [0.25, 0.3) is 11.8 Å². The van der Waals surface area contributed by atoms with E-state index in [0.29, 0.717) is 46.3 Å². The molecular weight excluding hydrogens is 772 g/mol. The number of rotatable bonds is 7. The molecule has 2 aromatic heterocycles. The van der Waals surface area contributed by atoms with Gasteiger partial charge in [-0.25, -0.2) is 19.2 Å². The summed E-state index contributed by atoms with van der Waals surface area (Å²) in [5, 5.41) is 9.69. The number of ether oxygens (including phenoxy) is 2. The van der Waals surface area contributed by atoms with E-state index < -0.39 is 41.6 Å². The van der Waals surface area contributed by atoms with Gasteiger partial charge in [-0.1, -0.05) is 0 Å². The van der Waals surface area contributed by atoms with Gasteiger partial charge >= 0.3 is 6.09 Å². The van der Waals surface area contributed by atoms with Crippen molar-refractivity contribution in [3.8, 4) is 17.0 Å². The number of amides is 5. The maximum atomic E-state index is 15.4. The van der Waals surface area contributed by atoms with Crippen LogP contribution in [0.5, 0.6) is 5.88 Å². The number of likely N-dealkylation sites (tertiary alicyclic amines) is 1. The Morgan fingerprint density at radius 2 is 1.77 bits per heavy atom. The minimum atomic E-state index is -0.981. The lowest BCUT2D eigenvalue weighted by atomic mass is 9.61. The van der Waals surface area contributed by atoms with Crippen molar-refractivity contribution in [2.75, 3.05) is 61.4 Å². The molecule has 1 saturated carbocycles. The van der Waals surface area contributed by atoms with Crippen LogP contribution >= 0.6 is 0 Å². The number of halogens is 1. The summed E-state index contributed by atoms with van der Waals surface area (Å²) in [5.41, 5.74) is 4.31. The fourth-order valence-corrected chi connectivity index (χ4v) is 9.87. The molecule has 1 aliphatic carbocycles. The van der Waals surface area contributed by atoms with E-state index in [1.165, 1.54) is 6.07 Å². The maximum absolute atomic E-state index is 15.4. The normalized spacial score (nSPS) is 21.7. The highest BCUT2D eigenvalue weighted by molar-refractivity contribution is 6.23. The second-order valence-electron chi connectivity index (χ2n) is 17.2. The molecule has 3 saturated heterocycles. The van der Waals surface area contributed by atoms with Crippen molar-refractivity contribution in [1.29, 1.82) is 0 Å². The average molecular weight is 817 g/mol. The summed E-state index contributed by atoms with van der Waals surface area (Å²) in [6.07, 6.45) is 7.26. The van der Waals surface area contributed by atoms with E-state index in [-0.39, 0.29) is 29.9 Å². The first-order valence-electron chi connectivity index (χ1n) is 20.8. The van der Waals surface area contributed by atoms with Crippen LogP contribution in [0.4, 0.5) is 26.4 Å². The van der Waals surface area contributed by atoms with Crippen LogP contribution in [0.15, 0.2) is 48.8 Å². The molecule has 1 spiro atoms. The zero-order valence-corrected chi connectivity index (χ0v) is 33.2. The number of benzene rings is 2. The van der Waals surface area contributed by atoms with Crippen LogP contribution < -0.4 is 25.6 Å². The molecule has 15 nitrogen and oxygen atoms in total. The Morgan fingerprint density at radius 3 is 2.57 bits per heavy atom. The Labute approximate surface area is 345 Å². The van der Waals surface area contributed by atoms with E-state index in [4.69, 9.17) is 9.47 Å². The summed E-state index contributed by atoms with van der Waals surface area (Å²) >= 11 is 0. The minimum Gasteiger partial charge on any atom is -0.476 e. The van der Waals surface area contributed by atoms with Gasteiger partial charge < -0.3 is 24.6 Å². The Hall–Kier alpha value is -6.16. The zero-order valence-electron chi connectivity index (χ0n) is 33.2. The zero-order chi connectivity index (χ0) is 41.3. The van der Waals surface area contributed by atoms with Crippen molar-refractivity contribution in [2.24, 2.45) is 11.3 Å². The molecule has 0 bridgehead atoms. The second kappa shape index (κ2) is 14.8. The molecule has 3 N–H and O–H groups in total. The van der Waals surface area contributed by atoms with Crippen LogP contribution in [0.3, 0.4) is 0 Å². The molecule has 10 rings (SSSR count). The largest absolute Gasteiger partial charge is 0.476 e. The summed E-state index contributed by atoms with van der Waals surface area (Å²) in [4.78, 5) is 77.9. The number of aromatic nitrogens is 2. The quantitative estimate of drug-likeness (QED) is 0.207. The third-order valence-corrected chi connectivity index (χ3v) is 13.3. The van der Waals surface area contributed by atoms with Gasteiger partial charge in [0, 0.05) is 73.1 Å². The summed E-state index contributed by atoms with van der Waals surface area (Å²) in [6, 6.07) is 9.21. The molecule has 16 heteroatoms. The standard InChI is InChI=1S/C44H45FN8O7/c1-24-33(20-48-40-38(24)46-9-2-12-59-40)31-13-26-15-36(47-19-27(26)14-34(31)45)49-43(58)60-29-17-44(18-29)7-10-51(11-8-44)21-25-22-52(23-25)28-3-4-30-32(16-28)42(57)53(41(30)56)35-5-6-37(54)50-39(35)55/h3-4,13-16,19-20,25,29,35,46H,2,5-12,17-18,21-23H2,1H3,(H,47,49,58)(H,50,54,55). The highest BCUT2D eigenvalue weighted by Gasteiger charge is 2.48. The number of pyridine rings is 2. The lowest BCUT2D eigenvalue weighted by Gasteiger charge is -2.52. The van der Waals surface area contributed by atoms with E-state index >= 15 is 4.39 Å². The molecule has 0 radical (unpaired) electrons. The van der Waals surface area contributed by atoms with E-state index in [1.54, 1.807) is 36.7 Å². The van der Waals surface area contributed by atoms with Crippen LogP contribution in [-0.4, -0.2) is 108 Å². The molecular formula is C44H45FN8O7. The maximum Gasteiger partial charge on any atom is 0.413 e. The highest BCUT2D eigenvalue weighted by Crippen LogP contribution is 2.50. The number of anilines is 3. The van der Waals surface area contributed by atoms with Gasteiger partial charge in [0.15, 0.2) is 0 Å². The molecule has 6 aliphatic rings. The highest BCUT2D eigenvalue weighted by atomic mass is 19.1. The van der Waals surface area contributed by atoms with Crippen LogP contribution in [0.25, 0.3) is 21.9 Å². The van der Waals surface area contributed by atoms with Crippen molar-refractivity contribution >= 4 is 57.7 Å². The Balaban J connectivity index is 0.685. The van der Waals surface area contributed by atoms with Crippen molar-refractivity contribution in [1.82, 2.24) is 25.1 Å². The number of imide groups is 2. The molecule has 7 heterocycles. The smallest absolute Gasteiger partial charge is 0.413 e. The van der Waals surface area contributed by atoms with E-state index in [9.17, 15) is 24.0 Å². The van der Waals surface area contributed by atoms with Crippen molar-refractivity contribution in [3.05, 3.63) is 71.3 Å². The van der Waals surface area contributed by atoms with Crippen LogP contribution in [-0.2, 0) is 14.3 Å². The van der Waals surface area contributed by atoms with Gasteiger partial charge in [-0.15, -0.1) is 0 Å². The minimum absolute atomic E-state index is 0.0841. The number of nitrogens with one attached hydrogen (secondary N) is 3. The van der Waals surface area contributed by atoms with Crippen LogP contribution in [0.1, 0.15) is 71.2 Å².